The third-order valence-corrected chi connectivity index (χ3v) is 2.74. The Morgan fingerprint density at radius 3 is 2.60 bits per heavy atom. The lowest BCUT2D eigenvalue weighted by molar-refractivity contribution is 0.413. The molecule has 1 saturated carbocycles. The molecule has 0 aliphatic heterocycles. The van der Waals surface area contributed by atoms with E-state index >= 15 is 0 Å². The fourth-order valence-corrected chi connectivity index (χ4v) is 1.59. The molecule has 5 heteroatoms. The van der Waals surface area contributed by atoms with Crippen LogP contribution in [0.15, 0.2) is 34.3 Å². The van der Waals surface area contributed by atoms with Gasteiger partial charge >= 0.3 is 0 Å². The van der Waals surface area contributed by atoms with E-state index in [1.165, 1.54) is 6.08 Å². The van der Waals surface area contributed by atoms with Crippen LogP contribution < -0.4 is 4.74 Å². The van der Waals surface area contributed by atoms with Crippen molar-refractivity contribution < 1.29 is 14.3 Å². The highest BCUT2D eigenvalue weighted by atomic mass is 16.5. The molecule has 0 spiro atoms. The quantitative estimate of drug-likeness (QED) is 0.610. The number of aliphatic imine (C=N–C) groups is 2. The first-order valence-electron chi connectivity index (χ1n) is 6.13. The van der Waals surface area contributed by atoms with E-state index in [9.17, 15) is 9.59 Å². The largest absolute Gasteiger partial charge is 0.497 e. The first-order chi connectivity index (χ1) is 9.72. The van der Waals surface area contributed by atoms with Crippen LogP contribution in [0, 0.1) is 13.3 Å². The SMILES string of the molecule is COc1cccc(C2(N=C=O)[CH]C2)c1.[CH2]CCN=C=O. The van der Waals surface area contributed by atoms with Gasteiger partial charge in [0, 0.05) is 0 Å². The van der Waals surface area contributed by atoms with E-state index in [1.807, 2.05) is 30.7 Å². The summed E-state index contributed by atoms with van der Waals surface area (Å²) < 4.78 is 5.10. The van der Waals surface area contributed by atoms with Crippen molar-refractivity contribution in [3.8, 4) is 5.75 Å². The predicted molar refractivity (Wildman–Crippen MR) is 74.7 cm³/mol. The molecule has 1 fully saturated rings. The monoisotopic (exact) mass is 272 g/mol. The van der Waals surface area contributed by atoms with Crippen molar-refractivity contribution in [2.24, 2.45) is 9.98 Å². The number of isocyanates is 2. The second-order valence-corrected chi connectivity index (χ2v) is 4.09. The zero-order valence-corrected chi connectivity index (χ0v) is 11.3. The van der Waals surface area contributed by atoms with Gasteiger partial charge in [-0.3, -0.25) is 0 Å². The van der Waals surface area contributed by atoms with Gasteiger partial charge in [0.05, 0.1) is 13.7 Å². The van der Waals surface area contributed by atoms with Crippen LogP contribution >= 0.6 is 0 Å². The maximum absolute atomic E-state index is 10.2. The van der Waals surface area contributed by atoms with Crippen molar-refractivity contribution in [3.63, 3.8) is 0 Å². The lowest BCUT2D eigenvalue weighted by Crippen LogP contribution is -2.02. The Hall–Kier alpha value is -2.22. The molecule has 1 aliphatic rings. The molecule has 5 nitrogen and oxygen atoms in total. The van der Waals surface area contributed by atoms with Gasteiger partial charge in [0.15, 0.2) is 0 Å². The van der Waals surface area contributed by atoms with Crippen molar-refractivity contribution in [2.75, 3.05) is 13.7 Å². The van der Waals surface area contributed by atoms with Crippen molar-refractivity contribution in [1.82, 2.24) is 0 Å². The third-order valence-electron chi connectivity index (χ3n) is 2.74. The summed E-state index contributed by atoms with van der Waals surface area (Å²) in [5, 5.41) is 0. The van der Waals surface area contributed by atoms with E-state index in [0.717, 1.165) is 17.7 Å². The molecular formula is C15H16N2O3. The van der Waals surface area contributed by atoms with Crippen molar-refractivity contribution in [3.05, 3.63) is 43.2 Å². The summed E-state index contributed by atoms with van der Waals surface area (Å²) in [7, 11) is 1.62. The Morgan fingerprint density at radius 1 is 1.40 bits per heavy atom. The smallest absolute Gasteiger partial charge is 0.235 e. The molecule has 2 radical (unpaired) electrons. The van der Waals surface area contributed by atoms with Crippen molar-refractivity contribution in [1.29, 1.82) is 0 Å². The van der Waals surface area contributed by atoms with Crippen molar-refractivity contribution in [2.45, 2.75) is 18.4 Å². The Labute approximate surface area is 118 Å². The Bertz CT molecular complexity index is 526. The molecule has 1 aromatic rings. The molecule has 104 valence electrons. The van der Waals surface area contributed by atoms with Gasteiger partial charge in [0.1, 0.15) is 11.3 Å². The number of ether oxygens (including phenoxy) is 1. The average molecular weight is 272 g/mol. The normalized spacial score (nSPS) is 13.9. The Balaban J connectivity index is 0.000000286. The number of rotatable bonds is 5. The zero-order valence-electron chi connectivity index (χ0n) is 11.3. The summed E-state index contributed by atoms with van der Waals surface area (Å²) in [6.45, 7) is 3.95. The molecule has 0 N–H and O–H groups in total. The molecule has 0 amide bonds. The molecule has 0 bridgehead atoms. The molecule has 1 aliphatic carbocycles. The minimum atomic E-state index is -0.420. The highest BCUT2D eigenvalue weighted by Gasteiger charge is 2.45. The minimum absolute atomic E-state index is 0.420. The molecule has 2 rings (SSSR count). The van der Waals surface area contributed by atoms with Crippen LogP contribution in [0.1, 0.15) is 18.4 Å². The van der Waals surface area contributed by atoms with Gasteiger partial charge in [-0.05, 0) is 37.0 Å². The van der Waals surface area contributed by atoms with Crippen LogP contribution in [-0.4, -0.2) is 25.8 Å². The van der Waals surface area contributed by atoms with Crippen LogP contribution in [0.3, 0.4) is 0 Å². The molecule has 0 saturated heterocycles. The molecule has 0 heterocycles. The molecule has 1 aromatic carbocycles. The summed E-state index contributed by atoms with van der Waals surface area (Å²) in [5.41, 5.74) is 0.566. The lowest BCUT2D eigenvalue weighted by atomic mass is 10.1. The standard InChI is InChI=1S/C11H10NO2.C4H6NO/c1-14-10-4-2-3-9(7-10)11(5-6-11)12-8-13;1-2-3-5-4-6/h2-5,7H,6H2,1H3;1-3H2. The number of benzene rings is 1. The van der Waals surface area contributed by atoms with Crippen LogP contribution in [0.2, 0.25) is 0 Å². The Morgan fingerprint density at radius 2 is 2.15 bits per heavy atom. The number of methoxy groups -OCH3 is 1. The summed E-state index contributed by atoms with van der Waals surface area (Å²) in [6.07, 6.45) is 6.47. The second-order valence-electron chi connectivity index (χ2n) is 4.09. The van der Waals surface area contributed by atoms with E-state index < -0.39 is 5.54 Å². The highest BCUT2D eigenvalue weighted by Crippen LogP contribution is 2.48. The average Bonchev–Trinajstić information content (AvgIpc) is 3.27. The molecule has 1 unspecified atom stereocenters. The van der Waals surface area contributed by atoms with Crippen molar-refractivity contribution >= 4 is 12.2 Å². The van der Waals surface area contributed by atoms with Gasteiger partial charge in [-0.1, -0.05) is 19.1 Å². The second kappa shape index (κ2) is 8.05. The van der Waals surface area contributed by atoms with E-state index in [1.54, 1.807) is 13.2 Å². The maximum atomic E-state index is 10.2. The van der Waals surface area contributed by atoms with Crippen LogP contribution in [0.4, 0.5) is 0 Å². The first-order valence-corrected chi connectivity index (χ1v) is 6.13. The lowest BCUT2D eigenvalue weighted by Gasteiger charge is -2.08. The summed E-state index contributed by atoms with van der Waals surface area (Å²) in [4.78, 5) is 26.5. The topological polar surface area (TPSA) is 68.1 Å². The molecule has 1 atom stereocenters. The van der Waals surface area contributed by atoms with Crippen LogP contribution in [-0.2, 0) is 15.1 Å². The number of carbonyl (C=O) groups excluding carboxylic acids is 2. The number of hydrogen-bond acceptors (Lipinski definition) is 5. The fraction of sp³-hybridized carbons (Fsp3) is 0.333. The number of nitrogens with zero attached hydrogens (tertiary/aromatic N) is 2. The van der Waals surface area contributed by atoms with Crippen LogP contribution in [0.25, 0.3) is 0 Å². The maximum Gasteiger partial charge on any atom is 0.235 e. The van der Waals surface area contributed by atoms with E-state index in [2.05, 4.69) is 16.9 Å². The first kappa shape index (κ1) is 15.8. The van der Waals surface area contributed by atoms with Gasteiger partial charge in [-0.25, -0.2) is 14.6 Å². The summed E-state index contributed by atoms with van der Waals surface area (Å²) >= 11 is 0. The predicted octanol–water partition coefficient (Wildman–Crippen LogP) is 2.38. The van der Waals surface area contributed by atoms with E-state index in [0.29, 0.717) is 13.0 Å². The van der Waals surface area contributed by atoms with Gasteiger partial charge in [-0.2, -0.15) is 4.99 Å². The fourth-order valence-electron chi connectivity index (χ4n) is 1.59. The van der Waals surface area contributed by atoms with E-state index in [-0.39, 0.29) is 0 Å². The van der Waals surface area contributed by atoms with Gasteiger partial charge in [0.2, 0.25) is 12.2 Å². The van der Waals surface area contributed by atoms with Crippen LogP contribution in [0.5, 0.6) is 5.75 Å². The molecule has 0 aromatic heterocycles. The third kappa shape index (κ3) is 4.47. The number of hydrogen-bond donors (Lipinski definition) is 0. The summed E-state index contributed by atoms with van der Waals surface area (Å²) in [6, 6.07) is 7.59. The van der Waals surface area contributed by atoms with Gasteiger partial charge in [0.25, 0.3) is 0 Å². The Kier molecular flexibility index (Phi) is 6.38. The molecule has 20 heavy (non-hydrogen) atoms. The summed E-state index contributed by atoms with van der Waals surface area (Å²) in [5.74, 6) is 0.781. The van der Waals surface area contributed by atoms with Gasteiger partial charge in [-0.15, -0.1) is 0 Å². The minimum Gasteiger partial charge on any atom is -0.497 e. The van der Waals surface area contributed by atoms with E-state index in [4.69, 9.17) is 4.74 Å². The van der Waals surface area contributed by atoms with Gasteiger partial charge < -0.3 is 4.74 Å². The highest BCUT2D eigenvalue weighted by molar-refractivity contribution is 5.47. The zero-order chi connectivity index (χ0) is 14.8. The molecular weight excluding hydrogens is 256 g/mol.